The monoisotopic (exact) mass is 347 g/mol. The highest BCUT2D eigenvalue weighted by Gasteiger charge is 2.09. The fraction of sp³-hybridized carbons (Fsp3) is 0.353. The van der Waals surface area contributed by atoms with Gasteiger partial charge < -0.3 is 10.6 Å². The Kier molecular flexibility index (Phi) is 5.76. The van der Waals surface area contributed by atoms with Gasteiger partial charge in [-0.15, -0.1) is 0 Å². The van der Waals surface area contributed by atoms with E-state index in [0.717, 1.165) is 23.9 Å². The van der Waals surface area contributed by atoms with E-state index in [1.807, 2.05) is 24.5 Å². The molecule has 1 aromatic carbocycles. The summed E-state index contributed by atoms with van der Waals surface area (Å²) >= 11 is 3.68. The van der Waals surface area contributed by atoms with E-state index < -0.39 is 0 Å². The minimum atomic E-state index is 0.234. The summed E-state index contributed by atoms with van der Waals surface area (Å²) in [4.78, 5) is 6.28. The van der Waals surface area contributed by atoms with Crippen molar-refractivity contribution in [2.75, 3.05) is 11.9 Å². The van der Waals surface area contributed by atoms with Gasteiger partial charge in [-0.1, -0.05) is 13.0 Å². The molecular weight excluding hydrogens is 326 g/mol. The highest BCUT2D eigenvalue weighted by atomic mass is 79.9. The number of pyridine rings is 1. The SMILES string of the molecule is CCC(N)Cc1ccc(N(C)Cc2ccncc2)c(Br)c1. The predicted molar refractivity (Wildman–Crippen MR) is 92.5 cm³/mol. The molecule has 0 fully saturated rings. The maximum Gasteiger partial charge on any atom is 0.0511 e. The normalized spacial score (nSPS) is 12.2. The summed E-state index contributed by atoms with van der Waals surface area (Å²) in [5, 5.41) is 0. The summed E-state index contributed by atoms with van der Waals surface area (Å²) in [6.45, 7) is 2.98. The van der Waals surface area contributed by atoms with Crippen molar-refractivity contribution in [1.82, 2.24) is 4.98 Å². The Labute approximate surface area is 135 Å². The Morgan fingerprint density at radius 1 is 1.19 bits per heavy atom. The molecule has 0 radical (unpaired) electrons. The molecule has 1 atom stereocenters. The van der Waals surface area contributed by atoms with E-state index in [2.05, 4.69) is 58.0 Å². The van der Waals surface area contributed by atoms with Crippen LogP contribution in [-0.4, -0.2) is 18.1 Å². The lowest BCUT2D eigenvalue weighted by Crippen LogP contribution is -2.21. The van der Waals surface area contributed by atoms with Crippen molar-refractivity contribution in [1.29, 1.82) is 0 Å². The molecule has 2 N–H and O–H groups in total. The van der Waals surface area contributed by atoms with Gasteiger partial charge in [0.2, 0.25) is 0 Å². The minimum Gasteiger partial charge on any atom is -0.369 e. The van der Waals surface area contributed by atoms with Gasteiger partial charge in [0.05, 0.1) is 5.69 Å². The van der Waals surface area contributed by atoms with E-state index in [9.17, 15) is 0 Å². The second kappa shape index (κ2) is 7.57. The summed E-state index contributed by atoms with van der Waals surface area (Å²) in [6.07, 6.45) is 5.58. The fourth-order valence-electron chi connectivity index (χ4n) is 2.28. The van der Waals surface area contributed by atoms with Gasteiger partial charge in [-0.2, -0.15) is 0 Å². The van der Waals surface area contributed by atoms with Crippen LogP contribution in [0.2, 0.25) is 0 Å². The van der Waals surface area contributed by atoms with Gasteiger partial charge in [-0.25, -0.2) is 0 Å². The van der Waals surface area contributed by atoms with E-state index >= 15 is 0 Å². The van der Waals surface area contributed by atoms with E-state index in [1.165, 1.54) is 16.8 Å². The lowest BCUT2D eigenvalue weighted by atomic mass is 10.0. The van der Waals surface area contributed by atoms with Crippen LogP contribution in [0.15, 0.2) is 47.2 Å². The Bertz CT molecular complexity index is 572. The number of anilines is 1. The third-order valence-electron chi connectivity index (χ3n) is 3.61. The summed E-state index contributed by atoms with van der Waals surface area (Å²) < 4.78 is 1.11. The average Bonchev–Trinajstić information content (AvgIpc) is 2.48. The van der Waals surface area contributed by atoms with Gasteiger partial charge >= 0.3 is 0 Å². The van der Waals surface area contributed by atoms with E-state index in [1.54, 1.807) is 0 Å². The zero-order valence-electron chi connectivity index (χ0n) is 12.6. The molecule has 0 aliphatic heterocycles. The van der Waals surface area contributed by atoms with Crippen molar-refractivity contribution in [2.24, 2.45) is 5.73 Å². The number of nitrogens with zero attached hydrogens (tertiary/aromatic N) is 2. The zero-order chi connectivity index (χ0) is 15.2. The molecule has 112 valence electrons. The largest absolute Gasteiger partial charge is 0.369 e. The molecule has 3 nitrogen and oxygen atoms in total. The number of rotatable bonds is 6. The quantitative estimate of drug-likeness (QED) is 0.864. The first-order valence-electron chi connectivity index (χ1n) is 7.24. The van der Waals surface area contributed by atoms with Crippen LogP contribution in [0.4, 0.5) is 5.69 Å². The molecule has 0 aliphatic rings. The van der Waals surface area contributed by atoms with Crippen LogP contribution in [0.3, 0.4) is 0 Å². The molecule has 0 saturated carbocycles. The molecule has 1 heterocycles. The van der Waals surface area contributed by atoms with Crippen LogP contribution in [0.25, 0.3) is 0 Å². The maximum absolute atomic E-state index is 6.02. The smallest absolute Gasteiger partial charge is 0.0511 e. The number of hydrogen-bond acceptors (Lipinski definition) is 3. The second-order valence-electron chi connectivity index (χ2n) is 5.37. The van der Waals surface area contributed by atoms with Crippen LogP contribution >= 0.6 is 15.9 Å². The van der Waals surface area contributed by atoms with Crippen molar-refractivity contribution in [3.8, 4) is 0 Å². The van der Waals surface area contributed by atoms with Gasteiger partial charge in [-0.3, -0.25) is 4.98 Å². The summed E-state index contributed by atoms with van der Waals surface area (Å²) in [6, 6.07) is 10.8. The van der Waals surface area contributed by atoms with Crippen LogP contribution in [0.1, 0.15) is 24.5 Å². The van der Waals surface area contributed by atoms with Crippen LogP contribution in [0, 0.1) is 0 Å². The van der Waals surface area contributed by atoms with Crippen LogP contribution in [-0.2, 0) is 13.0 Å². The highest BCUT2D eigenvalue weighted by molar-refractivity contribution is 9.10. The van der Waals surface area contributed by atoms with E-state index in [-0.39, 0.29) is 6.04 Å². The Morgan fingerprint density at radius 3 is 2.52 bits per heavy atom. The molecule has 0 amide bonds. The first kappa shape index (κ1) is 16.0. The molecule has 0 aliphatic carbocycles. The average molecular weight is 348 g/mol. The third-order valence-corrected chi connectivity index (χ3v) is 4.25. The molecule has 0 bridgehead atoms. The first-order valence-corrected chi connectivity index (χ1v) is 8.03. The number of hydrogen-bond donors (Lipinski definition) is 1. The third kappa shape index (κ3) is 4.55. The Hall–Kier alpha value is -1.39. The number of aromatic nitrogens is 1. The summed E-state index contributed by atoms with van der Waals surface area (Å²) in [5.74, 6) is 0. The maximum atomic E-state index is 6.02. The second-order valence-corrected chi connectivity index (χ2v) is 6.22. The standard InChI is InChI=1S/C17H22BrN3/c1-3-15(19)10-14-4-5-17(16(18)11-14)21(2)12-13-6-8-20-9-7-13/h4-9,11,15H,3,10,12,19H2,1-2H3. The molecule has 1 aromatic heterocycles. The van der Waals surface area contributed by atoms with Gasteiger partial charge in [0, 0.05) is 36.5 Å². The van der Waals surface area contributed by atoms with Gasteiger partial charge in [0.1, 0.15) is 0 Å². The van der Waals surface area contributed by atoms with Gasteiger partial charge in [-0.05, 0) is 64.2 Å². The van der Waals surface area contributed by atoms with Crippen LogP contribution in [0.5, 0.6) is 0 Å². The number of nitrogens with two attached hydrogens (primary N) is 1. The fourth-order valence-corrected chi connectivity index (χ4v) is 3.01. The molecule has 4 heteroatoms. The van der Waals surface area contributed by atoms with Crippen LogP contribution < -0.4 is 10.6 Å². The molecule has 2 aromatic rings. The Balaban J connectivity index is 2.09. The molecule has 0 saturated heterocycles. The Morgan fingerprint density at radius 2 is 1.90 bits per heavy atom. The molecular formula is C17H22BrN3. The van der Waals surface area contributed by atoms with Crippen molar-refractivity contribution in [2.45, 2.75) is 32.4 Å². The van der Waals surface area contributed by atoms with Gasteiger partial charge in [0.25, 0.3) is 0 Å². The molecule has 1 unspecified atom stereocenters. The van der Waals surface area contributed by atoms with Crippen molar-refractivity contribution >= 4 is 21.6 Å². The topological polar surface area (TPSA) is 42.1 Å². The number of halogens is 1. The van der Waals surface area contributed by atoms with Crippen molar-refractivity contribution in [3.05, 3.63) is 58.3 Å². The zero-order valence-corrected chi connectivity index (χ0v) is 14.2. The summed E-state index contributed by atoms with van der Waals surface area (Å²) in [7, 11) is 2.10. The summed E-state index contributed by atoms with van der Waals surface area (Å²) in [5.41, 5.74) is 9.73. The lowest BCUT2D eigenvalue weighted by molar-refractivity contribution is 0.646. The minimum absolute atomic E-state index is 0.234. The number of benzene rings is 1. The van der Waals surface area contributed by atoms with E-state index in [4.69, 9.17) is 5.73 Å². The predicted octanol–water partition coefficient (Wildman–Crippen LogP) is 3.76. The lowest BCUT2D eigenvalue weighted by Gasteiger charge is -2.21. The van der Waals surface area contributed by atoms with Crippen molar-refractivity contribution in [3.63, 3.8) is 0 Å². The molecule has 0 spiro atoms. The van der Waals surface area contributed by atoms with Gasteiger partial charge in [0.15, 0.2) is 0 Å². The highest BCUT2D eigenvalue weighted by Crippen LogP contribution is 2.28. The van der Waals surface area contributed by atoms with Crippen molar-refractivity contribution < 1.29 is 0 Å². The molecule has 21 heavy (non-hydrogen) atoms. The molecule has 2 rings (SSSR count). The van der Waals surface area contributed by atoms with E-state index in [0.29, 0.717) is 0 Å². The first-order chi connectivity index (χ1) is 10.1.